The van der Waals surface area contributed by atoms with Crippen LogP contribution in [0.5, 0.6) is 0 Å². The lowest BCUT2D eigenvalue weighted by Gasteiger charge is -2.06. The van der Waals surface area contributed by atoms with E-state index in [4.69, 9.17) is 16.3 Å². The summed E-state index contributed by atoms with van der Waals surface area (Å²) in [5.74, 6) is -0.277. The van der Waals surface area contributed by atoms with Gasteiger partial charge in [-0.25, -0.2) is 4.98 Å². The molecule has 0 spiro atoms. The molecule has 1 N–H and O–H groups in total. The number of halogens is 1. The van der Waals surface area contributed by atoms with Crippen LogP contribution in [0.25, 0.3) is 0 Å². The fourth-order valence-electron chi connectivity index (χ4n) is 1.98. The van der Waals surface area contributed by atoms with Gasteiger partial charge in [0.05, 0.1) is 13.2 Å². The van der Waals surface area contributed by atoms with Crippen molar-refractivity contribution in [1.82, 2.24) is 4.98 Å². The van der Waals surface area contributed by atoms with Crippen LogP contribution in [-0.4, -0.2) is 10.9 Å². The molecule has 0 radical (unpaired) electrons. The first kappa shape index (κ1) is 12.1. The molecule has 1 aliphatic heterocycles. The van der Waals surface area contributed by atoms with Gasteiger partial charge in [-0.1, -0.05) is 23.7 Å². The molecule has 4 nitrogen and oxygen atoms in total. The van der Waals surface area contributed by atoms with Crippen LogP contribution in [0.3, 0.4) is 0 Å². The fraction of sp³-hybridized carbons (Fsp3) is 0.143. The summed E-state index contributed by atoms with van der Waals surface area (Å²) in [6.45, 7) is 1.23. The van der Waals surface area contributed by atoms with Crippen LogP contribution >= 0.6 is 11.6 Å². The molecule has 1 amide bonds. The minimum atomic E-state index is -0.277. The van der Waals surface area contributed by atoms with Gasteiger partial charge in [0, 0.05) is 5.69 Å². The van der Waals surface area contributed by atoms with Crippen molar-refractivity contribution in [3.05, 3.63) is 58.4 Å². The van der Waals surface area contributed by atoms with Crippen LogP contribution in [0.4, 0.5) is 5.69 Å². The molecule has 3 rings (SSSR count). The number of aromatic nitrogens is 1. The second-order valence-electron chi connectivity index (χ2n) is 4.28. The normalized spacial score (nSPS) is 13.1. The quantitative estimate of drug-likeness (QED) is 0.857. The van der Waals surface area contributed by atoms with Gasteiger partial charge in [0.15, 0.2) is 0 Å². The second-order valence-corrected chi connectivity index (χ2v) is 4.66. The van der Waals surface area contributed by atoms with Crippen LogP contribution < -0.4 is 5.32 Å². The first-order valence-electron chi connectivity index (χ1n) is 5.86. The zero-order valence-corrected chi connectivity index (χ0v) is 10.8. The number of ether oxygens (including phenoxy) is 1. The number of nitrogens with zero attached hydrogens (tertiary/aromatic N) is 1. The summed E-state index contributed by atoms with van der Waals surface area (Å²) in [5.41, 5.74) is 3.30. The van der Waals surface area contributed by atoms with Gasteiger partial charge in [0.2, 0.25) is 0 Å². The highest BCUT2D eigenvalue weighted by Crippen LogP contribution is 2.23. The number of carbonyl (C=O) groups excluding carboxylic acids is 1. The molecule has 0 bridgehead atoms. The Kier molecular flexibility index (Phi) is 3.19. The summed E-state index contributed by atoms with van der Waals surface area (Å²) in [6.07, 6.45) is 0. The Morgan fingerprint density at radius 2 is 2.05 bits per heavy atom. The summed E-state index contributed by atoms with van der Waals surface area (Å²) in [4.78, 5) is 16.0. The predicted octanol–water partition coefficient (Wildman–Crippen LogP) is 3.02. The smallest absolute Gasteiger partial charge is 0.274 e. The average Bonchev–Trinajstić information content (AvgIpc) is 2.86. The van der Waals surface area contributed by atoms with Gasteiger partial charge >= 0.3 is 0 Å². The Morgan fingerprint density at radius 1 is 1.21 bits per heavy atom. The maximum Gasteiger partial charge on any atom is 0.274 e. The monoisotopic (exact) mass is 274 g/mol. The Bertz CT molecular complexity index is 643. The van der Waals surface area contributed by atoms with Gasteiger partial charge < -0.3 is 10.1 Å². The molecule has 2 aromatic rings. The third kappa shape index (κ3) is 2.59. The molecule has 0 saturated carbocycles. The van der Waals surface area contributed by atoms with Crippen LogP contribution in [0.2, 0.25) is 5.15 Å². The number of hydrogen-bond acceptors (Lipinski definition) is 3. The largest absolute Gasteiger partial charge is 0.372 e. The van der Waals surface area contributed by atoms with Crippen molar-refractivity contribution in [1.29, 1.82) is 0 Å². The molecular formula is C14H11ClN2O2. The molecule has 96 valence electrons. The summed E-state index contributed by atoms with van der Waals surface area (Å²) in [6, 6.07) is 10.7. The van der Waals surface area contributed by atoms with Gasteiger partial charge in [-0.15, -0.1) is 0 Å². The Morgan fingerprint density at radius 3 is 2.89 bits per heavy atom. The number of rotatable bonds is 2. The van der Waals surface area contributed by atoms with Gasteiger partial charge in [-0.2, -0.15) is 0 Å². The highest BCUT2D eigenvalue weighted by molar-refractivity contribution is 6.29. The van der Waals surface area contributed by atoms with E-state index < -0.39 is 0 Å². The van der Waals surface area contributed by atoms with E-state index in [1.54, 1.807) is 18.2 Å². The number of anilines is 1. The van der Waals surface area contributed by atoms with E-state index in [1.165, 1.54) is 5.56 Å². The van der Waals surface area contributed by atoms with E-state index >= 15 is 0 Å². The Hall–Kier alpha value is -1.91. The lowest BCUT2D eigenvalue weighted by atomic mass is 10.1. The number of fused-ring (bicyclic) bond motifs is 1. The van der Waals surface area contributed by atoms with E-state index in [9.17, 15) is 4.79 Å². The molecule has 0 saturated heterocycles. The standard InChI is InChI=1S/C14H11ClN2O2/c15-13-3-1-2-12(17-13)14(18)16-11-5-4-9-7-19-8-10(9)6-11/h1-6H,7-8H2,(H,16,18). The van der Waals surface area contributed by atoms with Gasteiger partial charge in [-0.3, -0.25) is 4.79 Å². The molecule has 1 aliphatic rings. The molecule has 0 unspecified atom stereocenters. The van der Waals surface area contributed by atoms with Gasteiger partial charge in [0.25, 0.3) is 5.91 Å². The molecule has 5 heteroatoms. The highest BCUT2D eigenvalue weighted by atomic mass is 35.5. The van der Waals surface area contributed by atoms with Gasteiger partial charge in [0.1, 0.15) is 10.8 Å². The van der Waals surface area contributed by atoms with Crippen LogP contribution in [0, 0.1) is 0 Å². The van der Waals surface area contributed by atoms with E-state index in [2.05, 4.69) is 10.3 Å². The number of carbonyl (C=O) groups is 1. The van der Waals surface area contributed by atoms with Gasteiger partial charge in [-0.05, 0) is 35.4 Å². The number of hydrogen-bond donors (Lipinski definition) is 1. The first-order chi connectivity index (χ1) is 9.22. The van der Waals surface area contributed by atoms with E-state index in [-0.39, 0.29) is 5.91 Å². The lowest BCUT2D eigenvalue weighted by Crippen LogP contribution is -2.13. The number of nitrogens with one attached hydrogen (secondary N) is 1. The average molecular weight is 275 g/mol. The number of amides is 1. The summed E-state index contributed by atoms with van der Waals surface area (Å²) >= 11 is 5.76. The maximum absolute atomic E-state index is 12.0. The molecular weight excluding hydrogens is 264 g/mol. The highest BCUT2D eigenvalue weighted by Gasteiger charge is 2.13. The molecule has 0 aliphatic carbocycles. The van der Waals surface area contributed by atoms with E-state index in [0.29, 0.717) is 24.1 Å². The van der Waals surface area contributed by atoms with Crippen molar-refractivity contribution in [2.24, 2.45) is 0 Å². The molecule has 2 heterocycles. The van der Waals surface area contributed by atoms with Crippen molar-refractivity contribution >= 4 is 23.2 Å². The first-order valence-corrected chi connectivity index (χ1v) is 6.23. The molecule has 0 fully saturated rings. The van der Waals surface area contributed by atoms with E-state index in [0.717, 1.165) is 11.3 Å². The van der Waals surface area contributed by atoms with Crippen molar-refractivity contribution < 1.29 is 9.53 Å². The van der Waals surface area contributed by atoms with Crippen molar-refractivity contribution in [3.63, 3.8) is 0 Å². The SMILES string of the molecule is O=C(Nc1ccc2c(c1)COC2)c1cccc(Cl)n1. The topological polar surface area (TPSA) is 51.2 Å². The van der Waals surface area contributed by atoms with Crippen molar-refractivity contribution in [2.45, 2.75) is 13.2 Å². The second kappa shape index (κ2) is 4.99. The molecule has 1 aromatic heterocycles. The molecule has 0 atom stereocenters. The third-order valence-corrected chi connectivity index (χ3v) is 3.14. The van der Waals surface area contributed by atoms with Crippen LogP contribution in [-0.2, 0) is 18.0 Å². The summed E-state index contributed by atoms with van der Waals surface area (Å²) < 4.78 is 5.33. The zero-order valence-electron chi connectivity index (χ0n) is 10.0. The third-order valence-electron chi connectivity index (χ3n) is 2.93. The molecule has 1 aromatic carbocycles. The minimum absolute atomic E-state index is 0.277. The Labute approximate surface area is 115 Å². The number of pyridine rings is 1. The fourth-order valence-corrected chi connectivity index (χ4v) is 2.14. The van der Waals surface area contributed by atoms with Crippen molar-refractivity contribution in [3.8, 4) is 0 Å². The summed E-state index contributed by atoms with van der Waals surface area (Å²) in [5, 5.41) is 3.10. The number of benzene rings is 1. The van der Waals surface area contributed by atoms with Crippen LogP contribution in [0.1, 0.15) is 21.6 Å². The minimum Gasteiger partial charge on any atom is -0.372 e. The Balaban J connectivity index is 1.80. The maximum atomic E-state index is 12.0. The predicted molar refractivity (Wildman–Crippen MR) is 72.1 cm³/mol. The summed E-state index contributed by atoms with van der Waals surface area (Å²) in [7, 11) is 0. The van der Waals surface area contributed by atoms with Crippen LogP contribution in [0.15, 0.2) is 36.4 Å². The molecule has 19 heavy (non-hydrogen) atoms. The van der Waals surface area contributed by atoms with E-state index in [1.807, 2.05) is 18.2 Å². The lowest BCUT2D eigenvalue weighted by molar-refractivity contribution is 0.102. The zero-order chi connectivity index (χ0) is 13.2. The van der Waals surface area contributed by atoms with Crippen molar-refractivity contribution in [2.75, 3.05) is 5.32 Å².